The Hall–Kier alpha value is -3.48. The Morgan fingerprint density at radius 1 is 1.10 bits per heavy atom. The molecule has 1 aromatic heterocycles. The van der Waals surface area contributed by atoms with Crippen molar-refractivity contribution < 1.29 is 9.53 Å². The first-order valence-electron chi connectivity index (χ1n) is 12.8. The first kappa shape index (κ1) is 28.5. The zero-order chi connectivity index (χ0) is 27.5. The quantitative estimate of drug-likeness (QED) is 0.108. The molecule has 1 aliphatic rings. The maximum atomic E-state index is 12.0. The molecule has 2 heterocycles. The predicted molar refractivity (Wildman–Crippen MR) is 169 cm³/mol. The number of benzene rings is 2. The van der Waals surface area contributed by atoms with Gasteiger partial charge in [-0.2, -0.15) is 4.98 Å². The molecule has 2 aromatic carbocycles. The van der Waals surface area contributed by atoms with E-state index in [1.165, 1.54) is 6.08 Å². The number of carbonyl (C=O) groups excluding carboxylic acids is 1. The number of nitrogens with one attached hydrogen (secondary N) is 4. The van der Waals surface area contributed by atoms with Crippen LogP contribution >= 0.6 is 22.6 Å². The van der Waals surface area contributed by atoms with E-state index in [9.17, 15) is 4.79 Å². The maximum absolute atomic E-state index is 12.0. The lowest BCUT2D eigenvalue weighted by Gasteiger charge is -2.19. The molecule has 10 heteroatoms. The lowest BCUT2D eigenvalue weighted by Crippen LogP contribution is -2.26. The summed E-state index contributed by atoms with van der Waals surface area (Å²) in [5.74, 6) is 0.810. The summed E-state index contributed by atoms with van der Waals surface area (Å²) in [6.07, 6.45) is 5.88. The second kappa shape index (κ2) is 14.6. The molecule has 1 amide bonds. The molecule has 1 aliphatic heterocycles. The average Bonchev–Trinajstić information content (AvgIpc) is 2.96. The van der Waals surface area contributed by atoms with E-state index in [-0.39, 0.29) is 5.91 Å². The highest BCUT2D eigenvalue weighted by atomic mass is 127. The number of likely N-dealkylation sites (N-methyl/N-ethyl adjacent to an activating group) is 1. The van der Waals surface area contributed by atoms with Crippen molar-refractivity contribution in [3.63, 3.8) is 0 Å². The molecular formula is C29H34IN7O2. The smallest absolute Gasteiger partial charge is 0.247 e. The van der Waals surface area contributed by atoms with Gasteiger partial charge in [0.05, 0.1) is 24.6 Å². The Morgan fingerprint density at radius 2 is 1.87 bits per heavy atom. The lowest BCUT2D eigenvalue weighted by atomic mass is 10.0. The van der Waals surface area contributed by atoms with Gasteiger partial charge in [-0.25, -0.2) is 4.98 Å². The van der Waals surface area contributed by atoms with Gasteiger partial charge in [-0.1, -0.05) is 47.4 Å². The van der Waals surface area contributed by atoms with Gasteiger partial charge in [0.2, 0.25) is 11.9 Å². The van der Waals surface area contributed by atoms with Crippen LogP contribution in [0.5, 0.6) is 0 Å². The SMILES string of the molecule is C=CC(=O)Nc1ccccc1Nc1nc(Nc2ccc(NCCN(C)CCI)cc2)ncc1C1=CCOCC1. The number of rotatable bonds is 13. The second-order valence-electron chi connectivity index (χ2n) is 9.00. The van der Waals surface area contributed by atoms with Gasteiger partial charge in [0.1, 0.15) is 5.82 Å². The molecule has 0 atom stereocenters. The molecule has 9 nitrogen and oxygen atoms in total. The van der Waals surface area contributed by atoms with Crippen LogP contribution in [0.3, 0.4) is 0 Å². The fraction of sp³-hybridized carbons (Fsp3) is 0.276. The largest absolute Gasteiger partial charge is 0.384 e. The van der Waals surface area contributed by atoms with Crippen molar-refractivity contribution in [2.24, 2.45) is 0 Å². The summed E-state index contributed by atoms with van der Waals surface area (Å²) in [5.41, 5.74) is 5.29. The summed E-state index contributed by atoms with van der Waals surface area (Å²) < 4.78 is 6.62. The summed E-state index contributed by atoms with van der Waals surface area (Å²) >= 11 is 2.40. The van der Waals surface area contributed by atoms with E-state index in [0.29, 0.717) is 36.4 Å². The number of aromatic nitrogens is 2. The number of para-hydroxylation sites is 2. The highest BCUT2D eigenvalue weighted by Gasteiger charge is 2.16. The first-order valence-corrected chi connectivity index (χ1v) is 14.4. The Morgan fingerprint density at radius 3 is 2.59 bits per heavy atom. The number of anilines is 6. The minimum absolute atomic E-state index is 0.285. The molecule has 0 fully saturated rings. The van der Waals surface area contributed by atoms with Gasteiger partial charge in [0, 0.05) is 47.2 Å². The number of hydrogen-bond donors (Lipinski definition) is 4. The Bertz CT molecular complexity index is 1300. The van der Waals surface area contributed by atoms with E-state index in [1.54, 1.807) is 0 Å². The van der Waals surface area contributed by atoms with Crippen molar-refractivity contribution in [2.45, 2.75) is 6.42 Å². The van der Waals surface area contributed by atoms with Crippen molar-refractivity contribution in [1.82, 2.24) is 14.9 Å². The van der Waals surface area contributed by atoms with Crippen LogP contribution in [0.25, 0.3) is 5.57 Å². The summed E-state index contributed by atoms with van der Waals surface area (Å²) in [5, 5.41) is 13.0. The molecule has 4 N–H and O–H groups in total. The second-order valence-corrected chi connectivity index (χ2v) is 10.1. The van der Waals surface area contributed by atoms with E-state index in [0.717, 1.165) is 53.0 Å². The molecule has 204 valence electrons. The van der Waals surface area contributed by atoms with Crippen LogP contribution in [0.15, 0.2) is 73.5 Å². The van der Waals surface area contributed by atoms with E-state index in [2.05, 4.69) is 73.4 Å². The van der Waals surface area contributed by atoms with Crippen LogP contribution in [0.2, 0.25) is 0 Å². The topological polar surface area (TPSA) is 103 Å². The van der Waals surface area contributed by atoms with Gasteiger partial charge in [-0.3, -0.25) is 4.79 Å². The van der Waals surface area contributed by atoms with E-state index in [1.807, 2.05) is 54.7 Å². The van der Waals surface area contributed by atoms with E-state index >= 15 is 0 Å². The van der Waals surface area contributed by atoms with Gasteiger partial charge in [0.25, 0.3) is 0 Å². The normalized spacial score (nSPS) is 12.9. The van der Waals surface area contributed by atoms with E-state index in [4.69, 9.17) is 9.72 Å². The monoisotopic (exact) mass is 639 g/mol. The minimum atomic E-state index is -0.285. The third-order valence-corrected chi connectivity index (χ3v) is 6.63. The summed E-state index contributed by atoms with van der Waals surface area (Å²) in [6, 6.07) is 15.6. The highest BCUT2D eigenvalue weighted by Crippen LogP contribution is 2.32. The lowest BCUT2D eigenvalue weighted by molar-refractivity contribution is -0.111. The first-order chi connectivity index (χ1) is 19.1. The zero-order valence-electron chi connectivity index (χ0n) is 22.0. The maximum Gasteiger partial charge on any atom is 0.247 e. The zero-order valence-corrected chi connectivity index (χ0v) is 24.2. The van der Waals surface area contributed by atoms with Crippen LogP contribution in [0.4, 0.5) is 34.5 Å². The molecule has 39 heavy (non-hydrogen) atoms. The van der Waals surface area contributed by atoms with Gasteiger partial charge < -0.3 is 30.9 Å². The molecule has 3 aromatic rings. The van der Waals surface area contributed by atoms with Crippen molar-refractivity contribution in [2.75, 3.05) is 65.6 Å². The molecule has 4 rings (SSSR count). The molecular weight excluding hydrogens is 605 g/mol. The molecule has 0 bridgehead atoms. The standard InChI is InChI=1S/C29H34IN7O2/c1-3-27(38)34-25-6-4-5-7-26(25)35-28-24(21-12-18-39-19-13-21)20-32-29(36-28)33-23-10-8-22(9-11-23)31-15-17-37(2)16-14-30/h3-12,20,31H,1,13-19H2,2H3,(H,34,38)(H2,32,33,35,36). The number of nitrogens with zero attached hydrogens (tertiary/aromatic N) is 3. The van der Waals surface area contributed by atoms with E-state index < -0.39 is 0 Å². The van der Waals surface area contributed by atoms with Crippen molar-refractivity contribution in [3.05, 3.63) is 79.0 Å². The Balaban J connectivity index is 1.52. The fourth-order valence-corrected chi connectivity index (χ4v) is 4.83. The third-order valence-electron chi connectivity index (χ3n) is 6.15. The highest BCUT2D eigenvalue weighted by molar-refractivity contribution is 14.1. The van der Waals surface area contributed by atoms with Crippen molar-refractivity contribution >= 4 is 68.6 Å². The fourth-order valence-electron chi connectivity index (χ4n) is 4.00. The van der Waals surface area contributed by atoms with Gasteiger partial charge >= 0.3 is 0 Å². The molecule has 0 radical (unpaired) electrons. The van der Waals surface area contributed by atoms with Gasteiger partial charge in [-0.05, 0) is 61.5 Å². The number of ether oxygens (including phenoxy) is 1. The summed E-state index contributed by atoms with van der Waals surface area (Å²) in [7, 11) is 2.14. The van der Waals surface area contributed by atoms with Crippen LogP contribution < -0.4 is 21.3 Å². The predicted octanol–water partition coefficient (Wildman–Crippen LogP) is 5.67. The summed E-state index contributed by atoms with van der Waals surface area (Å²) in [6.45, 7) is 7.70. The van der Waals surface area contributed by atoms with Crippen molar-refractivity contribution in [3.8, 4) is 0 Å². The van der Waals surface area contributed by atoms with Crippen LogP contribution in [-0.4, -0.2) is 65.1 Å². The van der Waals surface area contributed by atoms with Gasteiger partial charge in [0.15, 0.2) is 0 Å². The molecule has 0 spiro atoms. The number of amides is 1. The van der Waals surface area contributed by atoms with Crippen LogP contribution in [-0.2, 0) is 9.53 Å². The Labute approximate surface area is 243 Å². The Kier molecular flexibility index (Phi) is 10.7. The molecule has 0 saturated carbocycles. The molecule has 0 saturated heterocycles. The van der Waals surface area contributed by atoms with Crippen LogP contribution in [0, 0.1) is 0 Å². The number of halogens is 1. The van der Waals surface area contributed by atoms with Gasteiger partial charge in [-0.15, -0.1) is 0 Å². The van der Waals surface area contributed by atoms with Crippen molar-refractivity contribution in [1.29, 1.82) is 0 Å². The molecule has 0 aliphatic carbocycles. The minimum Gasteiger partial charge on any atom is -0.384 e. The number of hydrogen-bond acceptors (Lipinski definition) is 8. The third kappa shape index (κ3) is 8.50. The summed E-state index contributed by atoms with van der Waals surface area (Å²) in [4.78, 5) is 23.7. The number of alkyl halides is 1. The van der Waals surface area contributed by atoms with Crippen LogP contribution in [0.1, 0.15) is 12.0 Å². The number of carbonyl (C=O) groups is 1. The molecule has 0 unspecified atom stereocenters. The average molecular weight is 640 g/mol.